The molecule has 32 heavy (non-hydrogen) atoms. The predicted molar refractivity (Wildman–Crippen MR) is 113 cm³/mol. The van der Waals surface area contributed by atoms with Crippen LogP contribution in [0.1, 0.15) is 41.2 Å². The molecule has 2 aliphatic rings. The van der Waals surface area contributed by atoms with Gasteiger partial charge in [-0.3, -0.25) is 9.69 Å². The summed E-state index contributed by atoms with van der Waals surface area (Å²) in [5.74, 6) is -3.09. The number of rotatable bonds is 8. The number of benzene rings is 2. The van der Waals surface area contributed by atoms with Crippen LogP contribution in [0.5, 0.6) is 5.75 Å². The number of halogens is 2. The van der Waals surface area contributed by atoms with E-state index in [1.54, 1.807) is 12.1 Å². The van der Waals surface area contributed by atoms with Crippen molar-refractivity contribution in [2.24, 2.45) is 5.92 Å². The van der Waals surface area contributed by atoms with Crippen molar-refractivity contribution in [1.82, 2.24) is 10.2 Å². The molecule has 168 valence electrons. The second-order valence-electron chi connectivity index (χ2n) is 8.45. The third-order valence-corrected chi connectivity index (χ3v) is 5.87. The SMILES string of the molecule is N#CCC(=O)NCc1ccc(CN2Cc3ccc(OCC4CC4(F)F)cc3C(O)C2)cc1. The molecule has 2 atom stereocenters. The highest BCUT2D eigenvalue weighted by molar-refractivity contribution is 5.77. The van der Waals surface area contributed by atoms with Crippen molar-refractivity contribution in [1.29, 1.82) is 5.26 Å². The second kappa shape index (κ2) is 9.23. The average Bonchev–Trinajstić information content (AvgIpc) is 3.38. The van der Waals surface area contributed by atoms with E-state index in [1.165, 1.54) is 0 Å². The number of aliphatic hydroxyl groups is 1. The maximum atomic E-state index is 13.0. The second-order valence-corrected chi connectivity index (χ2v) is 8.45. The molecule has 0 spiro atoms. The monoisotopic (exact) mass is 441 g/mol. The fraction of sp³-hybridized carbons (Fsp3) is 0.417. The summed E-state index contributed by atoms with van der Waals surface area (Å²) in [5, 5.41) is 21.8. The number of nitrogens with zero attached hydrogens (tertiary/aromatic N) is 2. The van der Waals surface area contributed by atoms with Crippen LogP contribution in [0.3, 0.4) is 0 Å². The summed E-state index contributed by atoms with van der Waals surface area (Å²) in [6.07, 6.45) is -0.952. The average molecular weight is 441 g/mol. The summed E-state index contributed by atoms with van der Waals surface area (Å²) < 4.78 is 31.6. The van der Waals surface area contributed by atoms with Crippen LogP contribution >= 0.6 is 0 Å². The molecule has 2 N–H and O–H groups in total. The summed E-state index contributed by atoms with van der Waals surface area (Å²) in [7, 11) is 0. The molecule has 1 aliphatic heterocycles. The summed E-state index contributed by atoms with van der Waals surface area (Å²) in [6.45, 7) is 2.15. The van der Waals surface area contributed by atoms with E-state index in [2.05, 4.69) is 10.2 Å². The van der Waals surface area contributed by atoms with E-state index in [1.807, 2.05) is 36.4 Å². The number of carbonyl (C=O) groups excluding carboxylic acids is 1. The lowest BCUT2D eigenvalue weighted by molar-refractivity contribution is -0.120. The Morgan fingerprint density at radius 1 is 1.25 bits per heavy atom. The van der Waals surface area contributed by atoms with E-state index in [-0.39, 0.29) is 25.4 Å². The number of hydrogen-bond acceptors (Lipinski definition) is 5. The number of aliphatic hydroxyl groups excluding tert-OH is 1. The zero-order chi connectivity index (χ0) is 22.7. The van der Waals surface area contributed by atoms with Gasteiger partial charge in [-0.25, -0.2) is 8.78 Å². The van der Waals surface area contributed by atoms with Crippen LogP contribution in [0.15, 0.2) is 42.5 Å². The fourth-order valence-electron chi connectivity index (χ4n) is 3.89. The molecule has 4 rings (SSSR count). The molecule has 0 bridgehead atoms. The Morgan fingerprint density at radius 3 is 2.66 bits per heavy atom. The van der Waals surface area contributed by atoms with Gasteiger partial charge in [0, 0.05) is 32.6 Å². The van der Waals surface area contributed by atoms with Crippen molar-refractivity contribution in [3.63, 3.8) is 0 Å². The summed E-state index contributed by atoms with van der Waals surface area (Å²) in [4.78, 5) is 13.5. The Balaban J connectivity index is 1.31. The van der Waals surface area contributed by atoms with E-state index >= 15 is 0 Å². The summed E-state index contributed by atoms with van der Waals surface area (Å²) >= 11 is 0. The molecule has 1 heterocycles. The Hall–Kier alpha value is -3.02. The van der Waals surface area contributed by atoms with Crippen molar-refractivity contribution >= 4 is 5.91 Å². The number of hydrogen-bond donors (Lipinski definition) is 2. The molecular formula is C24H25F2N3O3. The van der Waals surface area contributed by atoms with E-state index in [4.69, 9.17) is 10.00 Å². The van der Waals surface area contributed by atoms with Gasteiger partial charge in [-0.15, -0.1) is 0 Å². The number of nitrogens with one attached hydrogen (secondary N) is 1. The molecule has 2 aromatic carbocycles. The van der Waals surface area contributed by atoms with Crippen LogP contribution in [0.25, 0.3) is 0 Å². The minimum atomic E-state index is -2.60. The first-order chi connectivity index (χ1) is 15.3. The third-order valence-electron chi connectivity index (χ3n) is 5.87. The van der Waals surface area contributed by atoms with Gasteiger partial charge in [0.2, 0.25) is 5.91 Å². The molecule has 8 heteroatoms. The molecule has 1 aliphatic carbocycles. The van der Waals surface area contributed by atoms with Crippen LogP contribution in [-0.2, 0) is 24.4 Å². The van der Waals surface area contributed by atoms with Gasteiger partial charge in [-0.05, 0) is 34.4 Å². The normalized spacial score (nSPS) is 21.3. The van der Waals surface area contributed by atoms with Gasteiger partial charge >= 0.3 is 0 Å². The molecule has 0 aromatic heterocycles. The van der Waals surface area contributed by atoms with Gasteiger partial charge in [0.25, 0.3) is 5.92 Å². The Labute approximate surface area is 185 Å². The van der Waals surface area contributed by atoms with Gasteiger partial charge in [0.05, 0.1) is 24.7 Å². The topological polar surface area (TPSA) is 85.6 Å². The van der Waals surface area contributed by atoms with Gasteiger partial charge in [0.1, 0.15) is 12.2 Å². The van der Waals surface area contributed by atoms with Crippen LogP contribution in [-0.4, -0.2) is 35.0 Å². The largest absolute Gasteiger partial charge is 0.493 e. The van der Waals surface area contributed by atoms with E-state index in [9.17, 15) is 18.7 Å². The maximum absolute atomic E-state index is 13.0. The highest BCUT2D eigenvalue weighted by Gasteiger charge is 2.57. The lowest BCUT2D eigenvalue weighted by Gasteiger charge is -2.32. The van der Waals surface area contributed by atoms with E-state index in [0.717, 1.165) is 22.3 Å². The number of amides is 1. The highest BCUT2D eigenvalue weighted by atomic mass is 19.3. The predicted octanol–water partition coefficient (Wildman–Crippen LogP) is 3.30. The fourth-order valence-corrected chi connectivity index (χ4v) is 3.89. The van der Waals surface area contributed by atoms with Crippen molar-refractivity contribution in [3.8, 4) is 11.8 Å². The first kappa shape index (κ1) is 22.2. The molecule has 2 unspecified atom stereocenters. The molecule has 0 saturated heterocycles. The number of ether oxygens (including phenoxy) is 1. The minimum absolute atomic E-state index is 0.00793. The number of fused-ring (bicyclic) bond motifs is 1. The lowest BCUT2D eigenvalue weighted by atomic mass is 9.96. The Bertz CT molecular complexity index is 1020. The molecular weight excluding hydrogens is 416 g/mol. The highest BCUT2D eigenvalue weighted by Crippen LogP contribution is 2.48. The van der Waals surface area contributed by atoms with Crippen molar-refractivity contribution in [3.05, 3.63) is 64.7 Å². The smallest absolute Gasteiger partial charge is 0.255 e. The third kappa shape index (κ3) is 5.42. The van der Waals surface area contributed by atoms with Crippen LogP contribution in [0.4, 0.5) is 8.78 Å². The first-order valence-corrected chi connectivity index (χ1v) is 10.6. The molecule has 1 amide bonds. The number of alkyl halides is 2. The molecule has 0 radical (unpaired) electrons. The van der Waals surface area contributed by atoms with Crippen LogP contribution in [0, 0.1) is 17.2 Å². The van der Waals surface area contributed by atoms with Crippen molar-refractivity contribution in [2.75, 3.05) is 13.2 Å². The minimum Gasteiger partial charge on any atom is -0.493 e. The molecule has 1 saturated carbocycles. The standard InChI is InChI=1S/C24H25F2N3O3/c25-24(26)10-19(24)15-32-20-6-5-18-13-29(14-22(30)21(18)9-20)12-17-3-1-16(2-4-17)11-28-23(31)7-8-27/h1-6,9,19,22,30H,7,10-15H2,(H,28,31). The van der Waals surface area contributed by atoms with Crippen LogP contribution < -0.4 is 10.1 Å². The summed E-state index contributed by atoms with van der Waals surface area (Å²) in [6, 6.07) is 15.1. The Kier molecular flexibility index (Phi) is 6.40. The molecule has 1 fully saturated rings. The van der Waals surface area contributed by atoms with Gasteiger partial charge in [-0.2, -0.15) is 5.26 Å². The van der Waals surface area contributed by atoms with Gasteiger partial charge in [0.15, 0.2) is 0 Å². The Morgan fingerprint density at radius 2 is 1.97 bits per heavy atom. The quantitative estimate of drug-likeness (QED) is 0.657. The number of nitriles is 1. The number of carbonyl (C=O) groups is 1. The zero-order valence-corrected chi connectivity index (χ0v) is 17.6. The lowest BCUT2D eigenvalue weighted by Crippen LogP contribution is -2.33. The summed E-state index contributed by atoms with van der Waals surface area (Å²) in [5.41, 5.74) is 3.80. The number of β-amino-alcohol motifs (C(OH)–C–C–N with tert-alkyl or cyclic N) is 1. The van der Waals surface area contributed by atoms with Gasteiger partial charge in [-0.1, -0.05) is 30.3 Å². The first-order valence-electron chi connectivity index (χ1n) is 10.6. The van der Waals surface area contributed by atoms with E-state index in [0.29, 0.717) is 31.9 Å². The van der Waals surface area contributed by atoms with Crippen molar-refractivity contribution in [2.45, 2.75) is 44.5 Å². The molecule has 2 aromatic rings. The maximum Gasteiger partial charge on any atom is 0.255 e. The van der Waals surface area contributed by atoms with Gasteiger partial charge < -0.3 is 15.2 Å². The van der Waals surface area contributed by atoms with Crippen LogP contribution in [0.2, 0.25) is 0 Å². The zero-order valence-electron chi connectivity index (χ0n) is 17.6. The molecule has 6 nitrogen and oxygen atoms in total. The van der Waals surface area contributed by atoms with E-state index < -0.39 is 17.9 Å². The van der Waals surface area contributed by atoms with Crippen molar-refractivity contribution < 1.29 is 23.4 Å².